The van der Waals surface area contributed by atoms with Crippen LogP contribution in [0.4, 0.5) is 0 Å². The lowest BCUT2D eigenvalue weighted by molar-refractivity contribution is -0.122. The molecule has 4 nitrogen and oxygen atoms in total. The van der Waals surface area contributed by atoms with Crippen LogP contribution >= 0.6 is 24.0 Å². The highest BCUT2D eigenvalue weighted by atomic mass is 32.2. The van der Waals surface area contributed by atoms with Crippen LogP contribution in [-0.4, -0.2) is 20.2 Å². The van der Waals surface area contributed by atoms with Gasteiger partial charge in [-0.05, 0) is 24.3 Å². The van der Waals surface area contributed by atoms with Crippen LogP contribution in [0.5, 0.6) is 5.75 Å². The predicted molar refractivity (Wildman–Crippen MR) is 85.5 cm³/mol. The molecule has 1 saturated heterocycles. The average Bonchev–Trinajstić information content (AvgIpc) is 3.06. The van der Waals surface area contributed by atoms with E-state index >= 15 is 0 Å². The number of phenolic OH excluding ortho intramolecular Hbond substituents is 1. The molecule has 0 bridgehead atoms. The third-order valence-corrected chi connectivity index (χ3v) is 4.37. The molecule has 0 saturated carbocycles. The Morgan fingerprint density at radius 3 is 2.81 bits per heavy atom. The number of para-hydroxylation sites is 1. The van der Waals surface area contributed by atoms with Crippen molar-refractivity contribution in [2.24, 2.45) is 0 Å². The number of carbonyl (C=O) groups is 1. The van der Waals surface area contributed by atoms with Crippen LogP contribution in [0.25, 0.3) is 6.08 Å². The number of carbonyl (C=O) groups excluding carboxylic acids is 1. The molecule has 0 aliphatic carbocycles. The van der Waals surface area contributed by atoms with Gasteiger partial charge in [-0.15, -0.1) is 0 Å². The average molecular weight is 317 g/mol. The molecule has 1 N–H and O–H groups in total. The quantitative estimate of drug-likeness (QED) is 0.695. The van der Waals surface area contributed by atoms with E-state index < -0.39 is 0 Å². The lowest BCUT2D eigenvalue weighted by atomic mass is 10.2. The summed E-state index contributed by atoms with van der Waals surface area (Å²) in [5.74, 6) is 0.633. The minimum atomic E-state index is -0.176. The number of nitrogens with zero attached hydrogens (tertiary/aromatic N) is 1. The molecule has 0 spiro atoms. The maximum absolute atomic E-state index is 12.4. The monoisotopic (exact) mass is 317 g/mol. The van der Waals surface area contributed by atoms with Crippen molar-refractivity contribution in [2.45, 2.75) is 6.54 Å². The molecule has 106 valence electrons. The Morgan fingerprint density at radius 1 is 1.29 bits per heavy atom. The van der Waals surface area contributed by atoms with Crippen LogP contribution < -0.4 is 0 Å². The summed E-state index contributed by atoms with van der Waals surface area (Å²) in [5.41, 5.74) is 0.594. The summed E-state index contributed by atoms with van der Waals surface area (Å²) < 4.78 is 5.73. The molecule has 6 heteroatoms. The maximum atomic E-state index is 12.4. The smallest absolute Gasteiger partial charge is 0.266 e. The number of amides is 1. The van der Waals surface area contributed by atoms with Gasteiger partial charge in [0.2, 0.25) is 0 Å². The summed E-state index contributed by atoms with van der Waals surface area (Å²) in [6, 6.07) is 10.4. The van der Waals surface area contributed by atoms with E-state index in [1.807, 2.05) is 0 Å². The van der Waals surface area contributed by atoms with Gasteiger partial charge < -0.3 is 9.52 Å². The Kier molecular flexibility index (Phi) is 3.81. The van der Waals surface area contributed by atoms with Crippen molar-refractivity contribution in [3.05, 3.63) is 58.9 Å². The molecule has 3 rings (SSSR count). The number of furan rings is 1. The molecule has 1 aliphatic rings. The van der Waals surface area contributed by atoms with Gasteiger partial charge in [0.25, 0.3) is 5.91 Å². The van der Waals surface area contributed by atoms with Gasteiger partial charge in [0.15, 0.2) is 0 Å². The standard InChI is InChI=1S/C15H11NO3S2/c17-12-6-2-1-4-10(12)8-13-14(18)16(15(20)21-13)9-11-5-3-7-19-11/h1-8,17H,9H2/b13-8+. The van der Waals surface area contributed by atoms with Crippen molar-refractivity contribution in [3.8, 4) is 5.75 Å². The Hall–Kier alpha value is -2.05. The van der Waals surface area contributed by atoms with E-state index in [-0.39, 0.29) is 11.7 Å². The minimum absolute atomic E-state index is 0.133. The molecule has 2 aromatic rings. The van der Waals surface area contributed by atoms with Crippen LogP contribution in [0.3, 0.4) is 0 Å². The zero-order valence-electron chi connectivity index (χ0n) is 10.9. The molecule has 1 amide bonds. The zero-order chi connectivity index (χ0) is 14.8. The van der Waals surface area contributed by atoms with E-state index in [9.17, 15) is 9.90 Å². The van der Waals surface area contributed by atoms with Crippen LogP contribution in [0.15, 0.2) is 52.0 Å². The predicted octanol–water partition coefficient (Wildman–Crippen LogP) is 3.39. The first-order valence-electron chi connectivity index (χ1n) is 6.21. The van der Waals surface area contributed by atoms with Gasteiger partial charge in [0.1, 0.15) is 15.8 Å². The normalized spacial score (nSPS) is 17.0. The minimum Gasteiger partial charge on any atom is -0.507 e. The molecule has 2 heterocycles. The number of thioether (sulfide) groups is 1. The molecule has 0 atom stereocenters. The molecular formula is C15H11NO3S2. The zero-order valence-corrected chi connectivity index (χ0v) is 12.5. The first-order valence-corrected chi connectivity index (χ1v) is 7.43. The van der Waals surface area contributed by atoms with Gasteiger partial charge in [-0.2, -0.15) is 0 Å². The number of hydrogen-bond acceptors (Lipinski definition) is 5. The molecule has 0 unspecified atom stereocenters. The van der Waals surface area contributed by atoms with Crippen molar-refractivity contribution in [1.29, 1.82) is 0 Å². The Morgan fingerprint density at radius 2 is 2.10 bits per heavy atom. The van der Waals surface area contributed by atoms with Crippen LogP contribution in [0.1, 0.15) is 11.3 Å². The SMILES string of the molecule is O=C1/C(=C\c2ccccc2O)SC(=S)N1Cc1ccco1. The summed E-state index contributed by atoms with van der Waals surface area (Å²) in [7, 11) is 0. The Bertz CT molecular complexity index is 722. The van der Waals surface area contributed by atoms with E-state index in [4.69, 9.17) is 16.6 Å². The number of aromatic hydroxyl groups is 1. The highest BCUT2D eigenvalue weighted by molar-refractivity contribution is 8.26. The summed E-state index contributed by atoms with van der Waals surface area (Å²) in [6.07, 6.45) is 3.21. The maximum Gasteiger partial charge on any atom is 0.266 e. The fourth-order valence-electron chi connectivity index (χ4n) is 1.95. The molecule has 1 fully saturated rings. The van der Waals surface area contributed by atoms with Crippen molar-refractivity contribution in [3.63, 3.8) is 0 Å². The van der Waals surface area contributed by atoms with Crippen molar-refractivity contribution >= 4 is 40.3 Å². The largest absolute Gasteiger partial charge is 0.507 e. The topological polar surface area (TPSA) is 53.7 Å². The fraction of sp³-hybridized carbons (Fsp3) is 0.0667. The highest BCUT2D eigenvalue weighted by Crippen LogP contribution is 2.34. The number of rotatable bonds is 3. The van der Waals surface area contributed by atoms with Crippen LogP contribution in [0, 0.1) is 0 Å². The molecule has 1 aromatic heterocycles. The second-order valence-electron chi connectivity index (χ2n) is 4.41. The Balaban J connectivity index is 1.85. The number of benzene rings is 1. The molecule has 21 heavy (non-hydrogen) atoms. The van der Waals surface area contributed by atoms with Crippen molar-refractivity contribution in [1.82, 2.24) is 4.90 Å². The van der Waals surface area contributed by atoms with Gasteiger partial charge in [0, 0.05) is 5.56 Å². The Labute approximate surface area is 131 Å². The summed E-state index contributed by atoms with van der Waals surface area (Å²) in [6.45, 7) is 0.315. The van der Waals surface area contributed by atoms with E-state index in [0.717, 1.165) is 0 Å². The number of phenols is 1. The van der Waals surface area contributed by atoms with Crippen LogP contribution in [-0.2, 0) is 11.3 Å². The first-order chi connectivity index (χ1) is 10.1. The van der Waals surface area contributed by atoms with E-state index in [1.54, 1.807) is 48.7 Å². The lowest BCUT2D eigenvalue weighted by Crippen LogP contribution is -2.27. The third kappa shape index (κ3) is 2.86. The van der Waals surface area contributed by atoms with E-state index in [2.05, 4.69) is 0 Å². The second-order valence-corrected chi connectivity index (χ2v) is 6.08. The second kappa shape index (κ2) is 5.75. The van der Waals surface area contributed by atoms with Crippen LogP contribution in [0.2, 0.25) is 0 Å². The van der Waals surface area contributed by atoms with Gasteiger partial charge in [-0.25, -0.2) is 0 Å². The van der Waals surface area contributed by atoms with Crippen molar-refractivity contribution < 1.29 is 14.3 Å². The molecule has 0 radical (unpaired) electrons. The number of hydrogen-bond donors (Lipinski definition) is 1. The molecule has 1 aromatic carbocycles. The molecule has 1 aliphatic heterocycles. The highest BCUT2D eigenvalue weighted by Gasteiger charge is 2.32. The molecular weight excluding hydrogens is 306 g/mol. The summed E-state index contributed by atoms with van der Waals surface area (Å²) >= 11 is 6.46. The fourth-order valence-corrected chi connectivity index (χ4v) is 3.19. The van der Waals surface area contributed by atoms with Gasteiger partial charge >= 0.3 is 0 Å². The third-order valence-electron chi connectivity index (χ3n) is 2.99. The lowest BCUT2D eigenvalue weighted by Gasteiger charge is -2.11. The van der Waals surface area contributed by atoms with Gasteiger partial charge in [-0.1, -0.05) is 42.2 Å². The van der Waals surface area contributed by atoms with E-state index in [1.165, 1.54) is 16.7 Å². The summed E-state index contributed by atoms with van der Waals surface area (Å²) in [5, 5.41) is 9.77. The number of thiocarbonyl (C=S) groups is 1. The van der Waals surface area contributed by atoms with Gasteiger partial charge in [0.05, 0.1) is 17.7 Å². The first kappa shape index (κ1) is 13.9. The van der Waals surface area contributed by atoms with Crippen molar-refractivity contribution in [2.75, 3.05) is 0 Å². The summed E-state index contributed by atoms with van der Waals surface area (Å²) in [4.78, 5) is 14.4. The van der Waals surface area contributed by atoms with E-state index in [0.29, 0.717) is 27.1 Å². The van der Waals surface area contributed by atoms with Gasteiger partial charge in [-0.3, -0.25) is 9.69 Å².